The second kappa shape index (κ2) is 12.3. The molecule has 2 aromatic carbocycles. The van der Waals surface area contributed by atoms with E-state index in [9.17, 15) is 22.8 Å². The van der Waals surface area contributed by atoms with Crippen LogP contribution >= 0.6 is 31.9 Å². The standard InChI is InChI=1S/C26H28Br2F3NO2/c27-18-10-12-23-21(15-18)22-16-19(28)11-13-24(22)32(23)14-8-6-4-2-1-3-5-7-9-20(33)17-25(34)26(29,30)31/h10-13,15-16H,1-9,14,17H2. The molecule has 0 N–H and O–H groups in total. The molecule has 184 valence electrons. The largest absolute Gasteiger partial charge is 0.450 e. The van der Waals surface area contributed by atoms with Gasteiger partial charge in [-0.05, 0) is 49.2 Å². The maximum absolute atomic E-state index is 12.2. The number of alkyl halides is 3. The first kappa shape index (κ1) is 26.9. The summed E-state index contributed by atoms with van der Waals surface area (Å²) in [7, 11) is 0. The van der Waals surface area contributed by atoms with Gasteiger partial charge in [0.05, 0.1) is 6.42 Å². The van der Waals surface area contributed by atoms with Crippen LogP contribution in [0.3, 0.4) is 0 Å². The van der Waals surface area contributed by atoms with Crippen molar-refractivity contribution in [3.8, 4) is 0 Å². The Morgan fingerprint density at radius 3 is 1.71 bits per heavy atom. The van der Waals surface area contributed by atoms with E-state index in [4.69, 9.17) is 0 Å². The highest BCUT2D eigenvalue weighted by Gasteiger charge is 2.38. The Kier molecular flexibility index (Phi) is 9.77. The van der Waals surface area contributed by atoms with Gasteiger partial charge in [-0.1, -0.05) is 70.4 Å². The third-order valence-electron chi connectivity index (χ3n) is 6.05. The summed E-state index contributed by atoms with van der Waals surface area (Å²) >= 11 is 7.16. The number of fused-ring (bicyclic) bond motifs is 3. The SMILES string of the molecule is O=C(CCCCCCCCCCn1c2ccc(Br)cc2c2cc(Br)ccc21)CC(=O)C(F)(F)F. The summed E-state index contributed by atoms with van der Waals surface area (Å²) in [5.74, 6) is -2.56. The van der Waals surface area contributed by atoms with Crippen molar-refractivity contribution in [2.75, 3.05) is 0 Å². The van der Waals surface area contributed by atoms with E-state index in [2.05, 4.69) is 72.8 Å². The normalized spacial score (nSPS) is 12.0. The van der Waals surface area contributed by atoms with Gasteiger partial charge in [0.1, 0.15) is 5.78 Å². The summed E-state index contributed by atoms with van der Waals surface area (Å²) in [5.41, 5.74) is 2.48. The number of Topliss-reactive ketones (excluding diaryl/α,β-unsaturated/α-hetero) is 2. The van der Waals surface area contributed by atoms with Gasteiger partial charge in [-0.15, -0.1) is 0 Å². The van der Waals surface area contributed by atoms with E-state index in [-0.39, 0.29) is 6.42 Å². The quantitative estimate of drug-likeness (QED) is 0.145. The molecule has 0 amide bonds. The highest BCUT2D eigenvalue weighted by atomic mass is 79.9. The number of unbranched alkanes of at least 4 members (excludes halogenated alkanes) is 7. The van der Waals surface area contributed by atoms with Crippen LogP contribution in [0.25, 0.3) is 21.8 Å². The Morgan fingerprint density at radius 1 is 0.735 bits per heavy atom. The van der Waals surface area contributed by atoms with Crippen molar-refractivity contribution >= 4 is 65.2 Å². The summed E-state index contributed by atoms with van der Waals surface area (Å²) in [6.07, 6.45) is 1.93. The van der Waals surface area contributed by atoms with Crippen LogP contribution in [0.5, 0.6) is 0 Å². The predicted octanol–water partition coefficient (Wildman–Crippen LogP) is 8.92. The van der Waals surface area contributed by atoms with Crippen molar-refractivity contribution in [2.24, 2.45) is 0 Å². The minimum Gasteiger partial charge on any atom is -0.340 e. The minimum atomic E-state index is -4.91. The first-order chi connectivity index (χ1) is 16.2. The van der Waals surface area contributed by atoms with Crippen molar-refractivity contribution < 1.29 is 22.8 Å². The van der Waals surface area contributed by atoms with Gasteiger partial charge in [-0.3, -0.25) is 9.59 Å². The summed E-state index contributed by atoms with van der Waals surface area (Å²) in [6, 6.07) is 12.8. The second-order valence-electron chi connectivity index (χ2n) is 8.69. The minimum absolute atomic E-state index is 0.0494. The molecular formula is C26H28Br2F3NO2. The molecule has 0 fully saturated rings. The number of hydrogen-bond donors (Lipinski definition) is 0. The van der Waals surface area contributed by atoms with Crippen LogP contribution in [0.15, 0.2) is 45.3 Å². The van der Waals surface area contributed by atoms with Gasteiger partial charge in [0, 0.05) is 43.7 Å². The molecule has 0 saturated heterocycles. The van der Waals surface area contributed by atoms with Gasteiger partial charge < -0.3 is 4.57 Å². The average molecular weight is 603 g/mol. The Bertz CT molecular complexity index is 1100. The van der Waals surface area contributed by atoms with E-state index in [1.54, 1.807) is 0 Å². The molecule has 0 saturated carbocycles. The molecule has 0 radical (unpaired) electrons. The Hall–Kier alpha value is -1.67. The zero-order chi connectivity index (χ0) is 24.7. The fourth-order valence-corrected chi connectivity index (χ4v) is 5.03. The lowest BCUT2D eigenvalue weighted by atomic mass is 10.0. The number of hydrogen-bond acceptors (Lipinski definition) is 2. The van der Waals surface area contributed by atoms with Crippen molar-refractivity contribution in [1.29, 1.82) is 0 Å². The zero-order valence-electron chi connectivity index (χ0n) is 18.9. The lowest BCUT2D eigenvalue weighted by Crippen LogP contribution is -2.25. The van der Waals surface area contributed by atoms with Crippen LogP contribution in [-0.4, -0.2) is 22.3 Å². The number of carbonyl (C=O) groups is 2. The molecule has 3 nitrogen and oxygen atoms in total. The average Bonchev–Trinajstić information content (AvgIpc) is 3.06. The van der Waals surface area contributed by atoms with Crippen molar-refractivity contribution in [2.45, 2.75) is 76.9 Å². The van der Waals surface area contributed by atoms with Gasteiger partial charge in [-0.2, -0.15) is 13.2 Å². The number of nitrogens with zero attached hydrogens (tertiary/aromatic N) is 1. The third-order valence-corrected chi connectivity index (χ3v) is 7.04. The molecule has 0 atom stereocenters. The number of aryl methyl sites for hydroxylation is 1. The molecule has 1 heterocycles. The van der Waals surface area contributed by atoms with Crippen LogP contribution in [-0.2, 0) is 16.1 Å². The lowest BCUT2D eigenvalue weighted by Gasteiger charge is -2.08. The highest BCUT2D eigenvalue weighted by Crippen LogP contribution is 2.33. The molecule has 8 heteroatoms. The molecule has 0 bridgehead atoms. The van der Waals surface area contributed by atoms with Gasteiger partial charge in [0.25, 0.3) is 0 Å². The maximum Gasteiger partial charge on any atom is 0.450 e. The van der Waals surface area contributed by atoms with E-state index >= 15 is 0 Å². The van der Waals surface area contributed by atoms with Crippen LogP contribution < -0.4 is 0 Å². The molecule has 0 spiro atoms. The molecule has 1 aromatic heterocycles. The first-order valence-electron chi connectivity index (χ1n) is 11.7. The molecule has 3 aromatic rings. The molecule has 0 aliphatic carbocycles. The molecule has 3 rings (SSSR count). The maximum atomic E-state index is 12.2. The molecule has 0 aliphatic heterocycles. The molecule has 34 heavy (non-hydrogen) atoms. The summed E-state index contributed by atoms with van der Waals surface area (Å²) in [5, 5.41) is 2.49. The second-order valence-corrected chi connectivity index (χ2v) is 10.5. The van der Waals surface area contributed by atoms with E-state index < -0.39 is 24.2 Å². The number of halogens is 5. The third kappa shape index (κ3) is 7.41. The number of benzene rings is 2. The van der Waals surface area contributed by atoms with Crippen LogP contribution in [0.4, 0.5) is 13.2 Å². The Morgan fingerprint density at radius 2 is 1.21 bits per heavy atom. The van der Waals surface area contributed by atoms with E-state index in [0.717, 1.165) is 60.4 Å². The highest BCUT2D eigenvalue weighted by molar-refractivity contribution is 9.10. The van der Waals surface area contributed by atoms with Gasteiger partial charge in [0.2, 0.25) is 5.78 Å². The smallest absolute Gasteiger partial charge is 0.340 e. The fraction of sp³-hybridized carbons (Fsp3) is 0.462. The van der Waals surface area contributed by atoms with Gasteiger partial charge >= 0.3 is 6.18 Å². The first-order valence-corrected chi connectivity index (χ1v) is 13.2. The van der Waals surface area contributed by atoms with Crippen molar-refractivity contribution in [1.82, 2.24) is 4.57 Å². The zero-order valence-corrected chi connectivity index (χ0v) is 22.1. The van der Waals surface area contributed by atoms with Crippen LogP contribution in [0.2, 0.25) is 0 Å². The van der Waals surface area contributed by atoms with Crippen molar-refractivity contribution in [3.63, 3.8) is 0 Å². The number of carbonyl (C=O) groups excluding carboxylic acids is 2. The summed E-state index contributed by atoms with van der Waals surface area (Å²) in [6.45, 7) is 0.960. The molecular weight excluding hydrogens is 575 g/mol. The summed E-state index contributed by atoms with van der Waals surface area (Å²) in [4.78, 5) is 22.3. The number of aromatic nitrogens is 1. The predicted molar refractivity (Wildman–Crippen MR) is 137 cm³/mol. The van der Waals surface area contributed by atoms with E-state index in [1.807, 2.05) is 0 Å². The number of rotatable bonds is 13. The lowest BCUT2D eigenvalue weighted by molar-refractivity contribution is -0.171. The van der Waals surface area contributed by atoms with Crippen molar-refractivity contribution in [3.05, 3.63) is 45.3 Å². The Balaban J connectivity index is 1.35. The summed E-state index contributed by atoms with van der Waals surface area (Å²) < 4.78 is 41.0. The van der Waals surface area contributed by atoms with Crippen LogP contribution in [0, 0.1) is 0 Å². The van der Waals surface area contributed by atoms with E-state index in [1.165, 1.54) is 21.8 Å². The number of ketones is 2. The molecule has 0 unspecified atom stereocenters. The van der Waals surface area contributed by atoms with E-state index in [0.29, 0.717) is 6.42 Å². The topological polar surface area (TPSA) is 39.1 Å². The van der Waals surface area contributed by atoms with Gasteiger partial charge in [-0.25, -0.2) is 0 Å². The van der Waals surface area contributed by atoms with Gasteiger partial charge in [0.15, 0.2) is 0 Å². The fourth-order valence-electron chi connectivity index (χ4n) is 4.31. The Labute approximate surface area is 214 Å². The monoisotopic (exact) mass is 601 g/mol. The molecule has 0 aliphatic rings. The van der Waals surface area contributed by atoms with Crippen LogP contribution in [0.1, 0.15) is 64.2 Å².